The number of nitro groups is 1. The summed E-state index contributed by atoms with van der Waals surface area (Å²) in [5.74, 6) is -0.356. The Morgan fingerprint density at radius 1 is 1.16 bits per heavy atom. The lowest BCUT2D eigenvalue weighted by molar-refractivity contribution is -0.384. The van der Waals surface area contributed by atoms with Crippen LogP contribution in [0.25, 0.3) is 0 Å². The highest BCUT2D eigenvalue weighted by Crippen LogP contribution is 2.27. The lowest BCUT2D eigenvalue weighted by Gasteiger charge is -1.96. The van der Waals surface area contributed by atoms with Crippen LogP contribution in [0.1, 0.15) is 0 Å². The highest BCUT2D eigenvalue weighted by molar-refractivity contribution is 5.56. The Morgan fingerprint density at radius 2 is 1.89 bits per heavy atom. The Hall–Kier alpha value is -3.03. The fourth-order valence-corrected chi connectivity index (χ4v) is 1.32. The van der Waals surface area contributed by atoms with Gasteiger partial charge in [0.25, 0.3) is 11.2 Å². The van der Waals surface area contributed by atoms with Crippen molar-refractivity contribution in [2.24, 2.45) is 10.2 Å². The van der Waals surface area contributed by atoms with Gasteiger partial charge >= 0.3 is 0 Å². The summed E-state index contributed by atoms with van der Waals surface area (Å²) < 4.78 is 0. The number of aromatic nitrogens is 1. The number of aromatic amines is 1. The molecule has 2 N–H and O–H groups in total. The Balaban J connectivity index is 2.35. The molecule has 0 aliphatic carbocycles. The topological polar surface area (TPSA) is 121 Å². The van der Waals surface area contributed by atoms with Crippen molar-refractivity contribution in [1.82, 2.24) is 4.98 Å². The molecule has 2 aromatic rings. The van der Waals surface area contributed by atoms with Crippen molar-refractivity contribution in [2.45, 2.75) is 0 Å². The van der Waals surface area contributed by atoms with E-state index in [2.05, 4.69) is 15.2 Å². The first kappa shape index (κ1) is 12.4. The largest absolute Gasteiger partial charge is 0.503 e. The lowest BCUT2D eigenvalue weighted by Crippen LogP contribution is -2.02. The maximum atomic E-state index is 11.1. The highest BCUT2D eigenvalue weighted by Gasteiger charge is 2.11. The summed E-state index contributed by atoms with van der Waals surface area (Å²) in [7, 11) is 0. The molecule has 1 aromatic carbocycles. The van der Waals surface area contributed by atoms with Crippen molar-refractivity contribution in [3.8, 4) is 5.75 Å². The fraction of sp³-hybridized carbons (Fsp3) is 0. The summed E-state index contributed by atoms with van der Waals surface area (Å²) in [6.45, 7) is 0. The van der Waals surface area contributed by atoms with E-state index < -0.39 is 16.2 Å². The van der Waals surface area contributed by atoms with Gasteiger partial charge in [-0.15, -0.1) is 10.2 Å². The van der Waals surface area contributed by atoms with Crippen LogP contribution in [0.2, 0.25) is 0 Å². The predicted molar refractivity (Wildman–Crippen MR) is 66.0 cm³/mol. The molecule has 8 heteroatoms. The van der Waals surface area contributed by atoms with E-state index in [1.54, 1.807) is 6.07 Å². The lowest BCUT2D eigenvalue weighted by atomic mass is 10.3. The number of H-pyrrole nitrogens is 1. The van der Waals surface area contributed by atoms with Crippen molar-refractivity contribution < 1.29 is 10.0 Å². The Labute approximate surface area is 106 Å². The van der Waals surface area contributed by atoms with Crippen LogP contribution in [0.5, 0.6) is 5.75 Å². The van der Waals surface area contributed by atoms with Crippen LogP contribution in [0.3, 0.4) is 0 Å². The number of para-hydroxylation sites is 1. The molecule has 0 aliphatic rings. The van der Waals surface area contributed by atoms with Gasteiger partial charge in [0, 0.05) is 6.07 Å². The summed E-state index contributed by atoms with van der Waals surface area (Å²) in [5.41, 5.74) is -0.826. The quantitative estimate of drug-likeness (QED) is 0.499. The number of pyridine rings is 1. The Morgan fingerprint density at radius 3 is 2.58 bits per heavy atom. The van der Waals surface area contributed by atoms with Crippen LogP contribution in [0.15, 0.2) is 51.4 Å². The van der Waals surface area contributed by atoms with Gasteiger partial charge in [0.15, 0.2) is 17.3 Å². The molecule has 96 valence electrons. The summed E-state index contributed by atoms with van der Waals surface area (Å²) in [5, 5.41) is 27.2. The van der Waals surface area contributed by atoms with Crippen molar-refractivity contribution in [3.05, 3.63) is 56.9 Å². The number of hydrogen-bond donors (Lipinski definition) is 2. The summed E-state index contributed by atoms with van der Waals surface area (Å²) in [4.78, 5) is 23.5. The first-order valence-electron chi connectivity index (χ1n) is 5.15. The third kappa shape index (κ3) is 2.80. The second-order valence-electron chi connectivity index (χ2n) is 3.50. The van der Waals surface area contributed by atoms with E-state index in [9.17, 15) is 14.9 Å². The fourth-order valence-electron chi connectivity index (χ4n) is 1.32. The minimum Gasteiger partial charge on any atom is -0.503 e. The summed E-state index contributed by atoms with van der Waals surface area (Å²) in [6.07, 6.45) is 0. The molecule has 19 heavy (non-hydrogen) atoms. The molecule has 0 radical (unpaired) electrons. The zero-order valence-electron chi connectivity index (χ0n) is 9.48. The van der Waals surface area contributed by atoms with Gasteiger partial charge in [0.2, 0.25) is 0 Å². The number of nitrogens with zero attached hydrogens (tertiary/aromatic N) is 3. The predicted octanol–water partition coefficient (Wildman–Crippen LogP) is 2.40. The molecule has 0 amide bonds. The molecule has 0 saturated heterocycles. The number of rotatable bonds is 3. The van der Waals surface area contributed by atoms with Crippen molar-refractivity contribution in [1.29, 1.82) is 0 Å². The average molecular weight is 260 g/mol. The zero-order chi connectivity index (χ0) is 13.8. The van der Waals surface area contributed by atoms with E-state index in [0.29, 0.717) is 0 Å². The van der Waals surface area contributed by atoms with Crippen LogP contribution in [0, 0.1) is 10.1 Å². The molecule has 0 atom stereocenters. The molecule has 2 rings (SSSR count). The van der Waals surface area contributed by atoms with Gasteiger partial charge in [-0.2, -0.15) is 0 Å². The van der Waals surface area contributed by atoms with Gasteiger partial charge in [-0.3, -0.25) is 14.9 Å². The molecule has 1 aromatic heterocycles. The second-order valence-corrected chi connectivity index (χ2v) is 3.50. The molecule has 0 spiro atoms. The molecule has 0 saturated carbocycles. The molecule has 0 unspecified atom stereocenters. The molecule has 1 heterocycles. The first-order valence-corrected chi connectivity index (χ1v) is 5.15. The van der Waals surface area contributed by atoms with E-state index in [0.717, 1.165) is 6.07 Å². The normalized spacial score (nSPS) is 10.7. The zero-order valence-corrected chi connectivity index (χ0v) is 9.48. The van der Waals surface area contributed by atoms with Crippen LogP contribution in [-0.2, 0) is 0 Å². The minimum atomic E-state index is -0.709. The number of hydrogen-bond acceptors (Lipinski definition) is 6. The van der Waals surface area contributed by atoms with Crippen molar-refractivity contribution in [2.75, 3.05) is 0 Å². The number of benzene rings is 1. The molecule has 0 bridgehead atoms. The SMILES string of the molecule is O=c1[nH]c(N=Nc2ccccc2[N+](=O)[O-])ccc1O. The van der Waals surface area contributed by atoms with E-state index in [1.807, 2.05) is 0 Å². The molecule has 8 nitrogen and oxygen atoms in total. The first-order chi connectivity index (χ1) is 9.08. The third-order valence-corrected chi connectivity index (χ3v) is 2.22. The number of azo groups is 1. The number of aromatic hydroxyl groups is 1. The summed E-state index contributed by atoms with van der Waals surface area (Å²) >= 11 is 0. The van der Waals surface area contributed by atoms with Crippen LogP contribution in [0.4, 0.5) is 17.2 Å². The second kappa shape index (κ2) is 5.08. The monoisotopic (exact) mass is 260 g/mol. The van der Waals surface area contributed by atoms with Gasteiger partial charge in [-0.05, 0) is 18.2 Å². The average Bonchev–Trinajstić information content (AvgIpc) is 2.40. The van der Waals surface area contributed by atoms with Crippen molar-refractivity contribution in [3.63, 3.8) is 0 Å². The highest BCUT2D eigenvalue weighted by atomic mass is 16.6. The van der Waals surface area contributed by atoms with Crippen LogP contribution in [-0.4, -0.2) is 15.0 Å². The molecular formula is C11H8N4O4. The Kier molecular flexibility index (Phi) is 3.33. The van der Waals surface area contributed by atoms with Gasteiger partial charge in [0.1, 0.15) is 0 Å². The van der Waals surface area contributed by atoms with Crippen molar-refractivity contribution >= 4 is 17.2 Å². The molecule has 0 fully saturated rings. The van der Waals surface area contributed by atoms with E-state index in [-0.39, 0.29) is 17.2 Å². The van der Waals surface area contributed by atoms with E-state index >= 15 is 0 Å². The Bertz CT molecular complexity index is 708. The minimum absolute atomic E-state index is 0.0708. The van der Waals surface area contributed by atoms with E-state index in [1.165, 1.54) is 24.3 Å². The maximum absolute atomic E-state index is 11.1. The summed E-state index contributed by atoms with van der Waals surface area (Å²) in [6, 6.07) is 8.32. The van der Waals surface area contributed by atoms with Gasteiger partial charge < -0.3 is 10.1 Å². The standard InChI is InChI=1S/C11H8N4O4/c16-9-5-6-10(12-11(9)17)14-13-7-3-1-2-4-8(7)15(18)19/h1-6,16H,(H,12,17). The number of nitrogens with one attached hydrogen (secondary N) is 1. The number of nitro benzene ring substituents is 1. The maximum Gasteiger partial charge on any atom is 0.296 e. The van der Waals surface area contributed by atoms with Crippen LogP contribution < -0.4 is 5.56 Å². The van der Waals surface area contributed by atoms with Gasteiger partial charge in [0.05, 0.1) is 4.92 Å². The smallest absolute Gasteiger partial charge is 0.296 e. The molecular weight excluding hydrogens is 252 g/mol. The van der Waals surface area contributed by atoms with E-state index in [4.69, 9.17) is 5.11 Å². The van der Waals surface area contributed by atoms with Crippen LogP contribution >= 0.6 is 0 Å². The van der Waals surface area contributed by atoms with Gasteiger partial charge in [-0.25, -0.2) is 0 Å². The molecule has 0 aliphatic heterocycles. The van der Waals surface area contributed by atoms with Gasteiger partial charge in [-0.1, -0.05) is 12.1 Å². The third-order valence-electron chi connectivity index (χ3n) is 2.22.